The highest BCUT2D eigenvalue weighted by atomic mass is 16.2. The number of anilines is 1. The molecule has 3 rings (SSSR count). The molecule has 5 heteroatoms. The van der Waals surface area contributed by atoms with E-state index in [0.717, 1.165) is 4.57 Å². The van der Waals surface area contributed by atoms with Crippen LogP contribution in [0.3, 0.4) is 0 Å². The van der Waals surface area contributed by atoms with Crippen molar-refractivity contribution in [1.29, 1.82) is 0 Å². The first-order chi connectivity index (χ1) is 9.16. The Hall–Kier alpha value is -2.82. The zero-order valence-electron chi connectivity index (χ0n) is 9.96. The van der Waals surface area contributed by atoms with Gasteiger partial charge in [-0.1, -0.05) is 18.2 Å². The van der Waals surface area contributed by atoms with E-state index in [-0.39, 0.29) is 5.56 Å². The molecule has 0 amide bonds. The van der Waals surface area contributed by atoms with Crippen molar-refractivity contribution in [2.75, 3.05) is 5.73 Å². The normalized spacial score (nSPS) is 10.7. The molecule has 0 saturated heterocycles. The van der Waals surface area contributed by atoms with Crippen molar-refractivity contribution in [3.05, 3.63) is 69.4 Å². The SMILES string of the molecule is Nc1cccc(-n2c(=O)[nH]c3ccccc3c2=O)c1. The number of nitrogens with zero attached hydrogens (tertiary/aromatic N) is 1. The second-order valence-corrected chi connectivity index (χ2v) is 4.21. The Balaban J connectivity index is 2.42. The Morgan fingerprint density at radius 1 is 1.00 bits per heavy atom. The van der Waals surface area contributed by atoms with E-state index in [1.165, 1.54) is 0 Å². The molecule has 0 unspecified atom stereocenters. The van der Waals surface area contributed by atoms with Gasteiger partial charge < -0.3 is 10.7 Å². The number of hydrogen-bond acceptors (Lipinski definition) is 3. The van der Waals surface area contributed by atoms with Crippen LogP contribution in [0, 0.1) is 0 Å². The summed E-state index contributed by atoms with van der Waals surface area (Å²) in [7, 11) is 0. The van der Waals surface area contributed by atoms with Crippen molar-refractivity contribution < 1.29 is 0 Å². The van der Waals surface area contributed by atoms with E-state index in [4.69, 9.17) is 5.73 Å². The van der Waals surface area contributed by atoms with E-state index in [2.05, 4.69) is 4.98 Å². The lowest BCUT2D eigenvalue weighted by Crippen LogP contribution is -2.33. The topological polar surface area (TPSA) is 80.9 Å². The first kappa shape index (κ1) is 11.3. The maximum Gasteiger partial charge on any atom is 0.333 e. The van der Waals surface area contributed by atoms with Crippen molar-refractivity contribution in [3.63, 3.8) is 0 Å². The molecule has 0 aliphatic carbocycles. The molecule has 3 N–H and O–H groups in total. The summed E-state index contributed by atoms with van der Waals surface area (Å²) >= 11 is 0. The minimum atomic E-state index is -0.478. The van der Waals surface area contributed by atoms with Gasteiger partial charge in [-0.3, -0.25) is 4.79 Å². The predicted octanol–water partition coefficient (Wildman–Crippen LogP) is 1.26. The zero-order chi connectivity index (χ0) is 13.4. The Morgan fingerprint density at radius 2 is 1.79 bits per heavy atom. The third kappa shape index (κ3) is 1.81. The Labute approximate surface area is 107 Å². The van der Waals surface area contributed by atoms with Crippen LogP contribution in [-0.4, -0.2) is 9.55 Å². The molecule has 0 aliphatic heterocycles. The molecule has 0 bridgehead atoms. The van der Waals surface area contributed by atoms with Crippen molar-refractivity contribution in [1.82, 2.24) is 9.55 Å². The molecule has 0 aliphatic rings. The van der Waals surface area contributed by atoms with Gasteiger partial charge in [0, 0.05) is 5.69 Å². The highest BCUT2D eigenvalue weighted by Gasteiger charge is 2.08. The maximum atomic E-state index is 12.4. The summed E-state index contributed by atoms with van der Waals surface area (Å²) in [6, 6.07) is 13.6. The summed E-state index contributed by atoms with van der Waals surface area (Å²) < 4.78 is 1.08. The Bertz CT molecular complexity index is 877. The van der Waals surface area contributed by atoms with Crippen molar-refractivity contribution in [2.45, 2.75) is 0 Å². The van der Waals surface area contributed by atoms with Gasteiger partial charge in [-0.2, -0.15) is 0 Å². The highest BCUT2D eigenvalue weighted by molar-refractivity contribution is 5.77. The van der Waals surface area contributed by atoms with Gasteiger partial charge >= 0.3 is 5.69 Å². The van der Waals surface area contributed by atoms with Crippen LogP contribution in [0.25, 0.3) is 16.6 Å². The van der Waals surface area contributed by atoms with Crippen LogP contribution in [0.15, 0.2) is 58.1 Å². The van der Waals surface area contributed by atoms with Gasteiger partial charge in [-0.05, 0) is 30.3 Å². The van der Waals surface area contributed by atoms with E-state index in [9.17, 15) is 9.59 Å². The van der Waals surface area contributed by atoms with Gasteiger partial charge in [0.1, 0.15) is 0 Å². The lowest BCUT2D eigenvalue weighted by molar-refractivity contribution is 0.902. The summed E-state index contributed by atoms with van der Waals surface area (Å²) in [4.78, 5) is 27.1. The molecule has 0 atom stereocenters. The third-order valence-electron chi connectivity index (χ3n) is 2.93. The van der Waals surface area contributed by atoms with E-state index >= 15 is 0 Å². The molecule has 0 radical (unpaired) electrons. The summed E-state index contributed by atoms with van der Waals surface area (Å²) in [5.74, 6) is 0. The number of rotatable bonds is 1. The molecular weight excluding hydrogens is 242 g/mol. The van der Waals surface area contributed by atoms with Gasteiger partial charge in [0.05, 0.1) is 16.6 Å². The van der Waals surface area contributed by atoms with Gasteiger partial charge in [-0.25, -0.2) is 9.36 Å². The first-order valence-electron chi connectivity index (χ1n) is 5.77. The average molecular weight is 253 g/mol. The summed E-state index contributed by atoms with van der Waals surface area (Å²) in [6.45, 7) is 0. The fraction of sp³-hybridized carbons (Fsp3) is 0. The molecular formula is C14H11N3O2. The van der Waals surface area contributed by atoms with Crippen molar-refractivity contribution >= 4 is 16.6 Å². The second kappa shape index (κ2) is 4.13. The molecule has 19 heavy (non-hydrogen) atoms. The summed E-state index contributed by atoms with van der Waals surface area (Å²) in [5, 5.41) is 0.463. The van der Waals surface area contributed by atoms with Crippen LogP contribution in [-0.2, 0) is 0 Å². The molecule has 3 aromatic rings. The molecule has 0 spiro atoms. The van der Waals surface area contributed by atoms with Gasteiger partial charge in [-0.15, -0.1) is 0 Å². The van der Waals surface area contributed by atoms with Crippen molar-refractivity contribution in [3.8, 4) is 5.69 Å². The van der Waals surface area contributed by atoms with Crippen LogP contribution in [0.4, 0.5) is 5.69 Å². The van der Waals surface area contributed by atoms with Crippen LogP contribution >= 0.6 is 0 Å². The fourth-order valence-electron chi connectivity index (χ4n) is 2.06. The monoisotopic (exact) mass is 253 g/mol. The minimum absolute atomic E-state index is 0.357. The number of aromatic amines is 1. The number of para-hydroxylation sites is 1. The van der Waals surface area contributed by atoms with Gasteiger partial charge in [0.2, 0.25) is 0 Å². The van der Waals surface area contributed by atoms with E-state index < -0.39 is 5.69 Å². The second-order valence-electron chi connectivity index (χ2n) is 4.21. The molecule has 0 saturated carbocycles. The standard InChI is InChI=1S/C14H11N3O2/c15-9-4-3-5-10(8-9)17-13(18)11-6-1-2-7-12(11)16-14(17)19/h1-8H,15H2,(H,16,19). The van der Waals surface area contributed by atoms with Crippen LogP contribution in [0.5, 0.6) is 0 Å². The minimum Gasteiger partial charge on any atom is -0.399 e. The molecule has 1 heterocycles. The lowest BCUT2D eigenvalue weighted by Gasteiger charge is -2.06. The lowest BCUT2D eigenvalue weighted by atomic mass is 10.2. The maximum absolute atomic E-state index is 12.4. The number of nitrogen functional groups attached to an aromatic ring is 1. The highest BCUT2D eigenvalue weighted by Crippen LogP contribution is 2.10. The molecule has 2 aromatic carbocycles. The Kier molecular flexibility index (Phi) is 2.45. The number of nitrogens with one attached hydrogen (secondary N) is 1. The number of hydrogen-bond donors (Lipinski definition) is 2. The average Bonchev–Trinajstić information content (AvgIpc) is 2.39. The predicted molar refractivity (Wildman–Crippen MR) is 74.6 cm³/mol. The van der Waals surface area contributed by atoms with Gasteiger partial charge in [0.25, 0.3) is 5.56 Å². The fourth-order valence-corrected chi connectivity index (χ4v) is 2.06. The smallest absolute Gasteiger partial charge is 0.333 e. The molecule has 0 fully saturated rings. The number of aromatic nitrogens is 2. The number of nitrogens with two attached hydrogens (primary N) is 1. The number of benzene rings is 2. The van der Waals surface area contributed by atoms with Crippen LogP contribution in [0.2, 0.25) is 0 Å². The molecule has 94 valence electrons. The van der Waals surface area contributed by atoms with E-state index in [1.807, 2.05) is 0 Å². The quantitative estimate of drug-likeness (QED) is 0.641. The first-order valence-corrected chi connectivity index (χ1v) is 5.77. The van der Waals surface area contributed by atoms with Gasteiger partial charge in [0.15, 0.2) is 0 Å². The van der Waals surface area contributed by atoms with Crippen LogP contribution in [0.1, 0.15) is 0 Å². The largest absolute Gasteiger partial charge is 0.399 e. The zero-order valence-corrected chi connectivity index (χ0v) is 9.96. The Morgan fingerprint density at radius 3 is 2.58 bits per heavy atom. The number of fused-ring (bicyclic) bond motifs is 1. The summed E-state index contributed by atoms with van der Waals surface area (Å²) in [5.41, 5.74) is 6.33. The van der Waals surface area contributed by atoms with Crippen molar-refractivity contribution in [2.24, 2.45) is 0 Å². The molecule has 1 aromatic heterocycles. The molecule has 5 nitrogen and oxygen atoms in total. The number of H-pyrrole nitrogens is 1. The summed E-state index contributed by atoms with van der Waals surface area (Å²) in [6.07, 6.45) is 0. The van der Waals surface area contributed by atoms with E-state index in [0.29, 0.717) is 22.3 Å². The van der Waals surface area contributed by atoms with E-state index in [1.54, 1.807) is 48.5 Å². The van der Waals surface area contributed by atoms with Crippen LogP contribution < -0.4 is 17.0 Å². The third-order valence-corrected chi connectivity index (χ3v) is 2.93.